The Balaban J connectivity index is 2.89. The second-order valence-corrected chi connectivity index (χ2v) is 8.48. The summed E-state index contributed by atoms with van der Waals surface area (Å²) in [5, 5.41) is 18.1. The van der Waals surface area contributed by atoms with Gasteiger partial charge in [0.05, 0.1) is 11.6 Å². The summed E-state index contributed by atoms with van der Waals surface area (Å²) >= 11 is 0. The lowest BCUT2D eigenvalue weighted by molar-refractivity contribution is 0.551. The van der Waals surface area contributed by atoms with Gasteiger partial charge in [-0.05, 0) is 42.2 Å². The van der Waals surface area contributed by atoms with Crippen LogP contribution in [0, 0.1) is 22.7 Å². The van der Waals surface area contributed by atoms with E-state index in [1.54, 1.807) is 6.07 Å². The molecule has 22 heavy (non-hydrogen) atoms. The number of aromatic nitrogens is 1. The Morgan fingerprint density at radius 3 is 2.36 bits per heavy atom. The fraction of sp³-hybridized carbons (Fsp3) is 0.562. The van der Waals surface area contributed by atoms with Gasteiger partial charge in [0.2, 0.25) is 9.84 Å². The van der Waals surface area contributed by atoms with E-state index in [0.717, 1.165) is 42.5 Å². The molecule has 0 saturated heterocycles. The summed E-state index contributed by atoms with van der Waals surface area (Å²) in [6.07, 6.45) is 3.53. The lowest BCUT2D eigenvalue weighted by Crippen LogP contribution is -2.24. The molecule has 0 saturated carbocycles. The third-order valence-corrected chi connectivity index (χ3v) is 5.25. The molecule has 0 bridgehead atoms. The van der Waals surface area contributed by atoms with Gasteiger partial charge in [-0.1, -0.05) is 20.8 Å². The average Bonchev–Trinajstić information content (AvgIpc) is 2.43. The maximum atomic E-state index is 12.3. The van der Waals surface area contributed by atoms with Crippen molar-refractivity contribution >= 4 is 9.84 Å². The van der Waals surface area contributed by atoms with Crippen LogP contribution in [0.1, 0.15) is 56.0 Å². The Hall–Kier alpha value is -1.92. The van der Waals surface area contributed by atoms with Gasteiger partial charge in [-0.25, -0.2) is 13.4 Å². The Bertz CT molecular complexity index is 791. The normalized spacial score (nSPS) is 14.8. The molecule has 1 heterocycles. The second-order valence-electron chi connectivity index (χ2n) is 6.58. The van der Waals surface area contributed by atoms with Crippen molar-refractivity contribution in [2.75, 3.05) is 5.75 Å². The molecule has 0 aliphatic heterocycles. The molecule has 0 amide bonds. The highest BCUT2D eigenvalue weighted by Crippen LogP contribution is 2.36. The number of hydrogen-bond acceptors (Lipinski definition) is 5. The van der Waals surface area contributed by atoms with E-state index in [9.17, 15) is 13.7 Å². The summed E-state index contributed by atoms with van der Waals surface area (Å²) < 4.78 is 24.7. The zero-order valence-corrected chi connectivity index (χ0v) is 13.9. The molecule has 1 aliphatic carbocycles. The number of aryl methyl sites for hydroxylation is 1. The van der Waals surface area contributed by atoms with E-state index in [-0.39, 0.29) is 16.0 Å². The summed E-state index contributed by atoms with van der Waals surface area (Å²) in [5.41, 5.74) is 2.32. The largest absolute Gasteiger partial charge is 0.240 e. The summed E-state index contributed by atoms with van der Waals surface area (Å²) in [7, 11) is -3.86. The van der Waals surface area contributed by atoms with Crippen molar-refractivity contribution in [2.45, 2.75) is 56.9 Å². The molecule has 6 heteroatoms. The Morgan fingerprint density at radius 1 is 1.18 bits per heavy atom. The van der Waals surface area contributed by atoms with Crippen molar-refractivity contribution < 1.29 is 8.42 Å². The molecule has 0 spiro atoms. The van der Waals surface area contributed by atoms with Gasteiger partial charge < -0.3 is 0 Å². The van der Waals surface area contributed by atoms with Crippen LogP contribution >= 0.6 is 0 Å². The fourth-order valence-electron chi connectivity index (χ4n) is 3.03. The molecule has 116 valence electrons. The predicted molar refractivity (Wildman–Crippen MR) is 82.0 cm³/mol. The van der Waals surface area contributed by atoms with Crippen LogP contribution in [0.15, 0.2) is 5.03 Å². The summed E-state index contributed by atoms with van der Waals surface area (Å²) in [5.74, 6) is -0.656. The average molecular weight is 317 g/mol. The third-order valence-electron chi connectivity index (χ3n) is 3.85. The summed E-state index contributed by atoms with van der Waals surface area (Å²) in [4.78, 5) is 4.29. The first-order valence-corrected chi connectivity index (χ1v) is 8.93. The fourth-order valence-corrected chi connectivity index (χ4v) is 4.04. The SMILES string of the molecule is CC(C)(C)c1c(C#N)c(S(=O)(=O)CC#N)nc2c1CCCC2. The van der Waals surface area contributed by atoms with Gasteiger partial charge in [0.1, 0.15) is 11.8 Å². The van der Waals surface area contributed by atoms with Gasteiger partial charge in [0.15, 0.2) is 5.03 Å². The van der Waals surface area contributed by atoms with Gasteiger partial charge >= 0.3 is 0 Å². The quantitative estimate of drug-likeness (QED) is 0.835. The van der Waals surface area contributed by atoms with Gasteiger partial charge in [0.25, 0.3) is 0 Å². The van der Waals surface area contributed by atoms with Crippen molar-refractivity contribution in [3.8, 4) is 12.1 Å². The van der Waals surface area contributed by atoms with Crippen LogP contribution in [0.25, 0.3) is 0 Å². The summed E-state index contributed by atoms with van der Waals surface area (Å²) in [6.45, 7) is 5.91. The molecule has 1 aromatic rings. The molecule has 5 nitrogen and oxygen atoms in total. The van der Waals surface area contributed by atoms with E-state index in [1.165, 1.54) is 0 Å². The molecular formula is C16H19N3O2S. The number of nitrogens with zero attached hydrogens (tertiary/aromatic N) is 3. The molecule has 1 aliphatic rings. The minimum Gasteiger partial charge on any atom is -0.240 e. The van der Waals surface area contributed by atoms with Crippen LogP contribution in [0.5, 0.6) is 0 Å². The standard InChI is InChI=1S/C16H19N3O2S/c1-16(2,3)14-11-6-4-5-7-13(11)19-15(12(14)10-18)22(20,21)9-8-17/h4-7,9H2,1-3H3. The number of fused-ring (bicyclic) bond motifs is 1. The molecule has 0 fully saturated rings. The van der Waals surface area contributed by atoms with Crippen molar-refractivity contribution in [1.29, 1.82) is 10.5 Å². The lowest BCUT2D eigenvalue weighted by atomic mass is 9.77. The van der Waals surface area contributed by atoms with Crippen LogP contribution in [-0.2, 0) is 28.1 Å². The van der Waals surface area contributed by atoms with E-state index in [4.69, 9.17) is 5.26 Å². The predicted octanol–water partition coefficient (Wildman–Crippen LogP) is 2.43. The first kappa shape index (κ1) is 16.5. The molecule has 1 aromatic heterocycles. The second kappa shape index (κ2) is 5.70. The highest BCUT2D eigenvalue weighted by molar-refractivity contribution is 7.91. The zero-order valence-electron chi connectivity index (χ0n) is 13.1. The minimum absolute atomic E-state index is 0.114. The van der Waals surface area contributed by atoms with E-state index in [0.29, 0.717) is 0 Å². The first-order valence-electron chi connectivity index (χ1n) is 7.28. The van der Waals surface area contributed by atoms with Gasteiger partial charge in [-0.2, -0.15) is 10.5 Å². The van der Waals surface area contributed by atoms with Crippen LogP contribution < -0.4 is 0 Å². The molecule has 0 atom stereocenters. The summed E-state index contributed by atoms with van der Waals surface area (Å²) in [6, 6.07) is 3.69. The highest BCUT2D eigenvalue weighted by Gasteiger charge is 2.32. The van der Waals surface area contributed by atoms with Crippen LogP contribution in [-0.4, -0.2) is 19.2 Å². The molecule has 0 unspecified atom stereocenters. The van der Waals surface area contributed by atoms with E-state index in [2.05, 4.69) is 4.98 Å². The molecule has 2 rings (SSSR count). The van der Waals surface area contributed by atoms with Gasteiger partial charge in [-0.15, -0.1) is 0 Å². The van der Waals surface area contributed by atoms with Gasteiger partial charge in [0, 0.05) is 5.69 Å². The monoisotopic (exact) mass is 317 g/mol. The number of hydrogen-bond donors (Lipinski definition) is 0. The topological polar surface area (TPSA) is 94.6 Å². The van der Waals surface area contributed by atoms with Crippen LogP contribution in [0.4, 0.5) is 0 Å². The van der Waals surface area contributed by atoms with Crippen LogP contribution in [0.2, 0.25) is 0 Å². The van der Waals surface area contributed by atoms with Crippen LogP contribution in [0.3, 0.4) is 0 Å². The molecule has 0 radical (unpaired) electrons. The molecule has 0 aromatic carbocycles. The van der Waals surface area contributed by atoms with Gasteiger partial charge in [-0.3, -0.25) is 0 Å². The maximum Gasteiger partial charge on any atom is 0.210 e. The maximum absolute atomic E-state index is 12.3. The smallest absolute Gasteiger partial charge is 0.210 e. The Kier molecular flexibility index (Phi) is 4.26. The molecular weight excluding hydrogens is 298 g/mol. The molecule has 0 N–H and O–H groups in total. The van der Waals surface area contributed by atoms with Crippen molar-refractivity contribution in [3.05, 3.63) is 22.4 Å². The van der Waals surface area contributed by atoms with Crippen molar-refractivity contribution in [2.24, 2.45) is 0 Å². The first-order chi connectivity index (χ1) is 10.2. The van der Waals surface area contributed by atoms with Crippen molar-refractivity contribution in [3.63, 3.8) is 0 Å². The lowest BCUT2D eigenvalue weighted by Gasteiger charge is -2.29. The number of nitriles is 2. The number of sulfone groups is 1. The van der Waals surface area contributed by atoms with E-state index >= 15 is 0 Å². The number of rotatable bonds is 2. The highest BCUT2D eigenvalue weighted by atomic mass is 32.2. The minimum atomic E-state index is -3.86. The zero-order chi connectivity index (χ0) is 16.5. The van der Waals surface area contributed by atoms with E-state index < -0.39 is 15.6 Å². The number of pyridine rings is 1. The van der Waals surface area contributed by atoms with E-state index in [1.807, 2.05) is 26.8 Å². The third kappa shape index (κ3) is 2.84. The van der Waals surface area contributed by atoms with Crippen molar-refractivity contribution in [1.82, 2.24) is 4.98 Å². The Labute approximate surface area is 131 Å². The Morgan fingerprint density at radius 2 is 1.82 bits per heavy atom.